The van der Waals surface area contributed by atoms with Gasteiger partial charge in [-0.05, 0) is 46.5 Å². The second-order valence-corrected chi connectivity index (χ2v) is 7.60. The number of piperazine rings is 1. The van der Waals surface area contributed by atoms with Crippen LogP contribution in [0.2, 0.25) is 0 Å². The molecule has 0 aromatic rings. The van der Waals surface area contributed by atoms with E-state index in [1.807, 2.05) is 0 Å². The number of hydrogen-bond acceptors (Lipinski definition) is 2. The van der Waals surface area contributed by atoms with Gasteiger partial charge in [-0.15, -0.1) is 0 Å². The normalized spacial score (nSPS) is 37.9. The fraction of sp³-hybridized carbons (Fsp3) is 1.00. The molecule has 0 amide bonds. The Balaban J connectivity index is 2.10. The molecule has 2 unspecified atom stereocenters. The van der Waals surface area contributed by atoms with E-state index in [-0.39, 0.29) is 5.54 Å². The van der Waals surface area contributed by atoms with Crippen molar-refractivity contribution in [3.63, 3.8) is 0 Å². The maximum absolute atomic E-state index is 3.69. The van der Waals surface area contributed by atoms with Crippen LogP contribution in [0.1, 0.15) is 60.3 Å². The molecule has 2 nitrogen and oxygen atoms in total. The molecule has 2 aliphatic rings. The van der Waals surface area contributed by atoms with Crippen molar-refractivity contribution in [2.24, 2.45) is 5.92 Å². The Labute approximate surface area is 107 Å². The summed E-state index contributed by atoms with van der Waals surface area (Å²) in [6, 6.07) is 0.815. The summed E-state index contributed by atoms with van der Waals surface area (Å²) in [5.41, 5.74) is 0.591. The van der Waals surface area contributed by atoms with Gasteiger partial charge in [0, 0.05) is 30.2 Å². The molecule has 1 heterocycles. The molecule has 0 bridgehead atoms. The van der Waals surface area contributed by atoms with Gasteiger partial charge in [0.05, 0.1) is 0 Å². The van der Waals surface area contributed by atoms with Crippen molar-refractivity contribution in [2.45, 2.75) is 77.4 Å². The molecule has 0 aromatic carbocycles. The molecule has 2 atom stereocenters. The predicted octanol–water partition coefficient (Wildman–Crippen LogP) is 3.03. The minimum absolute atomic E-state index is 0.274. The number of nitrogens with zero attached hydrogens (tertiary/aromatic N) is 1. The summed E-state index contributed by atoms with van der Waals surface area (Å²) in [6.07, 6.45) is 5.67. The Morgan fingerprint density at radius 2 is 1.82 bits per heavy atom. The number of nitrogens with one attached hydrogen (secondary N) is 1. The molecule has 1 N–H and O–H groups in total. The summed E-state index contributed by atoms with van der Waals surface area (Å²) in [5.74, 6) is 0.919. The second kappa shape index (κ2) is 4.55. The van der Waals surface area contributed by atoms with E-state index in [9.17, 15) is 0 Å². The monoisotopic (exact) mass is 238 g/mol. The maximum Gasteiger partial charge on any atom is 0.0281 e. The number of hydrogen-bond donors (Lipinski definition) is 1. The molecule has 0 spiro atoms. The molecule has 1 saturated heterocycles. The van der Waals surface area contributed by atoms with Crippen molar-refractivity contribution in [2.75, 3.05) is 13.1 Å². The molecule has 1 aliphatic heterocycles. The minimum atomic E-state index is 0.274. The van der Waals surface area contributed by atoms with Crippen LogP contribution < -0.4 is 5.32 Å². The van der Waals surface area contributed by atoms with Crippen LogP contribution in [0.5, 0.6) is 0 Å². The highest BCUT2D eigenvalue weighted by Crippen LogP contribution is 2.34. The van der Waals surface area contributed by atoms with Crippen molar-refractivity contribution in [3.8, 4) is 0 Å². The lowest BCUT2D eigenvalue weighted by molar-refractivity contribution is -0.0157. The first kappa shape index (κ1) is 13.4. The van der Waals surface area contributed by atoms with Gasteiger partial charge >= 0.3 is 0 Å². The molecular formula is C15H30N2. The van der Waals surface area contributed by atoms with Crippen LogP contribution in [0, 0.1) is 5.92 Å². The average molecular weight is 238 g/mol. The highest BCUT2D eigenvalue weighted by molar-refractivity contribution is 5.00. The van der Waals surface area contributed by atoms with Gasteiger partial charge in [0.2, 0.25) is 0 Å². The van der Waals surface area contributed by atoms with Crippen LogP contribution in [0.4, 0.5) is 0 Å². The first-order valence-corrected chi connectivity index (χ1v) is 7.32. The Kier molecular flexibility index (Phi) is 3.57. The Hall–Kier alpha value is -0.0800. The van der Waals surface area contributed by atoms with Crippen LogP contribution in [-0.2, 0) is 0 Å². The van der Waals surface area contributed by atoms with E-state index in [1.54, 1.807) is 0 Å². The van der Waals surface area contributed by atoms with Crippen LogP contribution in [0.15, 0.2) is 0 Å². The molecule has 2 rings (SSSR count). The fourth-order valence-corrected chi connectivity index (χ4v) is 3.56. The van der Waals surface area contributed by atoms with E-state index in [0.29, 0.717) is 5.54 Å². The standard InChI is InChI=1S/C15H30N2/c1-12-7-6-8-13(9-12)17-11-14(2,3)16-10-15(17,4)5/h12-13,16H,6-11H2,1-5H3. The quantitative estimate of drug-likeness (QED) is 0.755. The third-order valence-corrected chi connectivity index (χ3v) is 4.69. The average Bonchev–Trinajstić information content (AvgIpc) is 2.22. The van der Waals surface area contributed by atoms with Gasteiger partial charge in [-0.2, -0.15) is 0 Å². The van der Waals surface area contributed by atoms with Gasteiger partial charge in [0.25, 0.3) is 0 Å². The largest absolute Gasteiger partial charge is 0.309 e. The van der Waals surface area contributed by atoms with Crippen LogP contribution >= 0.6 is 0 Å². The van der Waals surface area contributed by atoms with Gasteiger partial charge in [0.1, 0.15) is 0 Å². The van der Waals surface area contributed by atoms with Gasteiger partial charge in [-0.3, -0.25) is 4.90 Å². The molecule has 2 fully saturated rings. The zero-order chi connectivity index (χ0) is 12.7. The van der Waals surface area contributed by atoms with E-state index in [2.05, 4.69) is 44.8 Å². The summed E-state index contributed by atoms with van der Waals surface area (Å²) in [4.78, 5) is 2.79. The summed E-state index contributed by atoms with van der Waals surface area (Å²) < 4.78 is 0. The van der Waals surface area contributed by atoms with Crippen LogP contribution in [-0.4, -0.2) is 35.1 Å². The first-order valence-electron chi connectivity index (χ1n) is 7.32. The summed E-state index contributed by atoms with van der Waals surface area (Å²) in [7, 11) is 0. The Bertz CT molecular complexity index is 270. The molecule has 100 valence electrons. The summed E-state index contributed by atoms with van der Waals surface area (Å²) in [6.45, 7) is 14.2. The zero-order valence-corrected chi connectivity index (χ0v) is 12.3. The number of rotatable bonds is 1. The SMILES string of the molecule is CC1CCCC(N2CC(C)(C)NCC2(C)C)C1. The Morgan fingerprint density at radius 1 is 1.12 bits per heavy atom. The third kappa shape index (κ3) is 3.03. The highest BCUT2D eigenvalue weighted by atomic mass is 15.3. The lowest BCUT2D eigenvalue weighted by Crippen LogP contribution is -2.68. The van der Waals surface area contributed by atoms with Gasteiger partial charge in [-0.25, -0.2) is 0 Å². The summed E-state index contributed by atoms with van der Waals surface area (Å²) >= 11 is 0. The fourth-order valence-electron chi connectivity index (χ4n) is 3.56. The molecular weight excluding hydrogens is 208 g/mol. The van der Waals surface area contributed by atoms with E-state index in [1.165, 1.54) is 32.2 Å². The van der Waals surface area contributed by atoms with Crippen molar-refractivity contribution in [1.29, 1.82) is 0 Å². The van der Waals surface area contributed by atoms with Crippen molar-refractivity contribution in [1.82, 2.24) is 10.2 Å². The molecule has 0 aromatic heterocycles. The Morgan fingerprint density at radius 3 is 2.47 bits per heavy atom. The molecule has 1 aliphatic carbocycles. The second-order valence-electron chi connectivity index (χ2n) is 7.60. The van der Waals surface area contributed by atoms with E-state index in [4.69, 9.17) is 0 Å². The summed E-state index contributed by atoms with van der Waals surface area (Å²) in [5, 5.41) is 3.69. The van der Waals surface area contributed by atoms with Gasteiger partial charge in [-0.1, -0.05) is 19.8 Å². The maximum atomic E-state index is 3.69. The third-order valence-electron chi connectivity index (χ3n) is 4.69. The lowest BCUT2D eigenvalue weighted by atomic mass is 9.81. The zero-order valence-electron chi connectivity index (χ0n) is 12.3. The van der Waals surface area contributed by atoms with E-state index < -0.39 is 0 Å². The molecule has 17 heavy (non-hydrogen) atoms. The van der Waals surface area contributed by atoms with Crippen LogP contribution in [0.3, 0.4) is 0 Å². The molecule has 1 saturated carbocycles. The smallest absolute Gasteiger partial charge is 0.0281 e. The molecule has 2 heteroatoms. The van der Waals surface area contributed by atoms with Crippen molar-refractivity contribution < 1.29 is 0 Å². The van der Waals surface area contributed by atoms with E-state index >= 15 is 0 Å². The van der Waals surface area contributed by atoms with Gasteiger partial charge in [0.15, 0.2) is 0 Å². The first-order chi connectivity index (χ1) is 7.80. The molecule has 0 radical (unpaired) electrons. The van der Waals surface area contributed by atoms with E-state index in [0.717, 1.165) is 18.5 Å². The topological polar surface area (TPSA) is 15.3 Å². The van der Waals surface area contributed by atoms with Crippen LogP contribution in [0.25, 0.3) is 0 Å². The van der Waals surface area contributed by atoms with Crippen molar-refractivity contribution in [3.05, 3.63) is 0 Å². The minimum Gasteiger partial charge on any atom is -0.309 e. The highest BCUT2D eigenvalue weighted by Gasteiger charge is 2.41. The van der Waals surface area contributed by atoms with Crippen molar-refractivity contribution >= 4 is 0 Å². The lowest BCUT2D eigenvalue weighted by Gasteiger charge is -2.54. The predicted molar refractivity (Wildman–Crippen MR) is 74.3 cm³/mol. The van der Waals surface area contributed by atoms with Gasteiger partial charge < -0.3 is 5.32 Å².